The predicted molar refractivity (Wildman–Crippen MR) is 133 cm³/mol. The maximum Gasteiger partial charge on any atom is 0.334 e. The quantitative estimate of drug-likeness (QED) is 0.351. The summed E-state index contributed by atoms with van der Waals surface area (Å²) in [6.07, 6.45) is 4.68. The molecule has 0 spiro atoms. The van der Waals surface area contributed by atoms with E-state index in [9.17, 15) is 34.5 Å². The molecule has 0 radical (unpaired) electrons. The summed E-state index contributed by atoms with van der Waals surface area (Å²) in [4.78, 5) is 52.5. The minimum Gasteiger partial charge on any atom is -0.507 e. The Morgan fingerprint density at radius 1 is 1.16 bits per heavy atom. The average Bonchev–Trinajstić information content (AvgIpc) is 3.08. The van der Waals surface area contributed by atoms with Gasteiger partial charge in [-0.05, 0) is 57.2 Å². The molecule has 9 heteroatoms. The number of aryl methyl sites for hydroxylation is 1. The molecule has 2 aliphatic heterocycles. The van der Waals surface area contributed by atoms with Crippen LogP contribution in [0.15, 0.2) is 41.6 Å². The lowest BCUT2D eigenvalue weighted by molar-refractivity contribution is -0.146. The van der Waals surface area contributed by atoms with Crippen molar-refractivity contribution in [1.82, 2.24) is 5.32 Å². The molecule has 0 saturated carbocycles. The van der Waals surface area contributed by atoms with Gasteiger partial charge in [0.2, 0.25) is 5.91 Å². The third kappa shape index (κ3) is 4.42. The number of ether oxygens (including phenoxy) is 1. The Labute approximate surface area is 214 Å². The van der Waals surface area contributed by atoms with Gasteiger partial charge in [-0.15, -0.1) is 0 Å². The number of aliphatic hydroxyl groups excluding tert-OH is 1. The minimum atomic E-state index is -2.08. The largest absolute Gasteiger partial charge is 0.507 e. The summed E-state index contributed by atoms with van der Waals surface area (Å²) in [5.74, 6) is -4.31. The Balaban J connectivity index is 1.96. The molecule has 1 aliphatic carbocycles. The molecular weight excluding hydrogens is 478 g/mol. The first-order valence-electron chi connectivity index (χ1n) is 12.4. The second kappa shape index (κ2) is 9.72. The highest BCUT2D eigenvalue weighted by atomic mass is 16.6. The average molecular weight is 510 g/mol. The summed E-state index contributed by atoms with van der Waals surface area (Å²) in [6.45, 7) is 6.37. The van der Waals surface area contributed by atoms with Crippen molar-refractivity contribution in [2.24, 2.45) is 11.8 Å². The molecule has 5 atom stereocenters. The van der Waals surface area contributed by atoms with Crippen LogP contribution in [-0.2, 0) is 19.9 Å². The molecule has 1 fully saturated rings. The van der Waals surface area contributed by atoms with Gasteiger partial charge >= 0.3 is 5.97 Å². The number of esters is 1. The van der Waals surface area contributed by atoms with Crippen molar-refractivity contribution < 1.29 is 39.2 Å². The third-order valence-electron chi connectivity index (χ3n) is 7.40. The van der Waals surface area contributed by atoms with Gasteiger partial charge in [0.1, 0.15) is 17.5 Å². The van der Waals surface area contributed by atoms with Gasteiger partial charge in [-0.3, -0.25) is 14.4 Å². The summed E-state index contributed by atoms with van der Waals surface area (Å²) in [5.41, 5.74) is -2.21. The van der Waals surface area contributed by atoms with Crippen LogP contribution in [0.4, 0.5) is 0 Å². The van der Waals surface area contributed by atoms with Crippen molar-refractivity contribution >= 4 is 23.4 Å². The minimum absolute atomic E-state index is 0.00661. The zero-order valence-electron chi connectivity index (χ0n) is 21.2. The lowest BCUT2D eigenvalue weighted by Gasteiger charge is -2.34. The molecule has 9 nitrogen and oxygen atoms in total. The molecular formula is C28H31NO8. The van der Waals surface area contributed by atoms with Crippen LogP contribution in [-0.4, -0.2) is 51.0 Å². The summed E-state index contributed by atoms with van der Waals surface area (Å²) in [5, 5.41) is 35.5. The van der Waals surface area contributed by atoms with Gasteiger partial charge in [0, 0.05) is 29.2 Å². The van der Waals surface area contributed by atoms with Gasteiger partial charge < -0.3 is 25.4 Å². The van der Waals surface area contributed by atoms with Crippen LogP contribution < -0.4 is 5.32 Å². The normalized spacial score (nSPS) is 31.1. The number of rotatable bonds is 2. The topological polar surface area (TPSA) is 150 Å². The monoisotopic (exact) mass is 509 g/mol. The Kier molecular flexibility index (Phi) is 6.96. The predicted octanol–water partition coefficient (Wildman–Crippen LogP) is 2.51. The van der Waals surface area contributed by atoms with E-state index in [0.29, 0.717) is 12.8 Å². The number of allylic oxidation sites excluding steroid dienone is 2. The molecule has 4 rings (SSSR count). The van der Waals surface area contributed by atoms with Crippen LogP contribution in [0.1, 0.15) is 71.9 Å². The fraction of sp³-hybridized carbons (Fsp3) is 0.429. The molecule has 1 saturated heterocycles. The van der Waals surface area contributed by atoms with Crippen molar-refractivity contribution in [3.8, 4) is 5.75 Å². The van der Waals surface area contributed by atoms with Gasteiger partial charge in [-0.25, -0.2) is 4.79 Å². The van der Waals surface area contributed by atoms with E-state index >= 15 is 0 Å². The molecule has 2 heterocycles. The molecule has 1 aromatic rings. The van der Waals surface area contributed by atoms with E-state index in [-0.39, 0.29) is 51.6 Å². The maximum absolute atomic E-state index is 13.4. The number of amides is 1. The van der Waals surface area contributed by atoms with Crippen LogP contribution in [0.2, 0.25) is 0 Å². The standard InChI is InChI=1S/C28H31NO8/c1-5-16-6-8-19(31)24-23-17(10-13(2)25(24)33)28(36)18(26(34)29-22(28)12-20(23)32)11-14(3)27(35)37-21(9-7-16)15(4)30/h7,9-12,15-16,18,21,30,33,36H,5-6,8H2,1-4H3,(H,29,34)/b9-7+,14-11-/t15?,16-,18+,21-,28-/m0/s1. The molecule has 1 unspecified atom stereocenters. The van der Waals surface area contributed by atoms with E-state index in [0.717, 1.165) is 6.08 Å². The summed E-state index contributed by atoms with van der Waals surface area (Å²) >= 11 is 0. The molecule has 1 aromatic carbocycles. The maximum atomic E-state index is 13.4. The SMILES string of the molecule is CC[C@@H]1/C=C/[C@@H](C(C)O)OC(=O)/C(C)=C\[C@@H]2C(=O)NC3=CC(=O)c4c(cc(C)c(O)c4C(=O)CC1)[C@@]32O. The Hall–Kier alpha value is -3.56. The van der Waals surface area contributed by atoms with E-state index in [4.69, 9.17) is 4.74 Å². The van der Waals surface area contributed by atoms with E-state index in [1.807, 2.05) is 6.92 Å². The van der Waals surface area contributed by atoms with Crippen LogP contribution >= 0.6 is 0 Å². The number of hydrogen-bond donors (Lipinski definition) is 4. The van der Waals surface area contributed by atoms with E-state index in [1.54, 1.807) is 19.1 Å². The number of nitrogens with one attached hydrogen (secondary N) is 1. The number of benzene rings is 1. The molecule has 4 bridgehead atoms. The first kappa shape index (κ1) is 26.5. The number of cyclic esters (lactones) is 1. The fourth-order valence-electron chi connectivity index (χ4n) is 5.13. The van der Waals surface area contributed by atoms with Crippen molar-refractivity contribution in [2.45, 2.75) is 64.8 Å². The fourth-order valence-corrected chi connectivity index (χ4v) is 5.13. The molecule has 3 aliphatic rings. The van der Waals surface area contributed by atoms with Gasteiger partial charge in [0.05, 0.1) is 23.3 Å². The zero-order valence-corrected chi connectivity index (χ0v) is 21.2. The van der Waals surface area contributed by atoms with E-state index in [2.05, 4.69) is 5.32 Å². The lowest BCUT2D eigenvalue weighted by atomic mass is 9.72. The summed E-state index contributed by atoms with van der Waals surface area (Å²) < 4.78 is 5.49. The summed E-state index contributed by atoms with van der Waals surface area (Å²) in [6, 6.07) is 1.39. The molecule has 1 amide bonds. The van der Waals surface area contributed by atoms with E-state index in [1.165, 1.54) is 26.0 Å². The molecule has 0 aromatic heterocycles. The Bertz CT molecular complexity index is 1290. The smallest absolute Gasteiger partial charge is 0.334 e. The lowest BCUT2D eigenvalue weighted by Crippen LogP contribution is -2.39. The number of phenols is 1. The number of carbonyl (C=O) groups excluding carboxylic acids is 4. The second-order valence-corrected chi connectivity index (χ2v) is 9.97. The van der Waals surface area contributed by atoms with Crippen molar-refractivity contribution in [1.29, 1.82) is 0 Å². The first-order chi connectivity index (χ1) is 17.4. The third-order valence-corrected chi connectivity index (χ3v) is 7.40. The summed E-state index contributed by atoms with van der Waals surface area (Å²) in [7, 11) is 0. The number of aliphatic hydroxyl groups is 2. The Morgan fingerprint density at radius 3 is 2.51 bits per heavy atom. The van der Waals surface area contributed by atoms with E-state index < -0.39 is 47.2 Å². The highest BCUT2D eigenvalue weighted by molar-refractivity contribution is 6.17. The number of ketones is 2. The number of carbonyl (C=O) groups is 4. The number of hydrogen-bond acceptors (Lipinski definition) is 8. The number of Topliss-reactive ketones (excluding diaryl/α,β-unsaturated/α-hetero) is 1. The van der Waals surface area contributed by atoms with Crippen LogP contribution in [0.3, 0.4) is 0 Å². The Morgan fingerprint density at radius 2 is 1.86 bits per heavy atom. The number of phenolic OH excluding ortho intramolecular Hbond substituents is 1. The zero-order chi connectivity index (χ0) is 27.2. The van der Waals surface area contributed by atoms with Gasteiger partial charge in [-0.1, -0.05) is 19.1 Å². The van der Waals surface area contributed by atoms with Gasteiger partial charge in [-0.2, -0.15) is 0 Å². The first-order valence-corrected chi connectivity index (χ1v) is 12.4. The second-order valence-electron chi connectivity index (χ2n) is 9.97. The van der Waals surface area contributed by atoms with Gasteiger partial charge in [0.15, 0.2) is 11.6 Å². The highest BCUT2D eigenvalue weighted by Gasteiger charge is 2.55. The number of aromatic hydroxyl groups is 1. The van der Waals surface area contributed by atoms with Crippen molar-refractivity contribution in [3.63, 3.8) is 0 Å². The molecule has 37 heavy (non-hydrogen) atoms. The molecule has 4 N–H and O–H groups in total. The van der Waals surface area contributed by atoms with Crippen molar-refractivity contribution in [2.75, 3.05) is 0 Å². The van der Waals surface area contributed by atoms with Crippen LogP contribution in [0.5, 0.6) is 5.75 Å². The highest BCUT2D eigenvalue weighted by Crippen LogP contribution is 2.49. The van der Waals surface area contributed by atoms with Crippen LogP contribution in [0, 0.1) is 18.8 Å². The van der Waals surface area contributed by atoms with Gasteiger partial charge in [0.25, 0.3) is 0 Å². The van der Waals surface area contributed by atoms with Crippen molar-refractivity contribution in [3.05, 3.63) is 63.9 Å². The molecule has 196 valence electrons. The van der Waals surface area contributed by atoms with Crippen LogP contribution in [0.25, 0.3) is 0 Å².